The summed E-state index contributed by atoms with van der Waals surface area (Å²) in [7, 11) is 1.43. The molecule has 0 bridgehead atoms. The summed E-state index contributed by atoms with van der Waals surface area (Å²) in [6.07, 6.45) is -1.09. The van der Waals surface area contributed by atoms with Crippen molar-refractivity contribution in [1.82, 2.24) is 15.4 Å². The number of hydrogen-bond acceptors (Lipinski definition) is 8. The fourth-order valence-corrected chi connectivity index (χ4v) is 3.78. The number of carbonyl (C=O) groups is 3. The minimum absolute atomic E-state index is 0.0881. The van der Waals surface area contributed by atoms with Crippen molar-refractivity contribution in [3.63, 3.8) is 0 Å². The smallest absolute Gasteiger partial charge is 0.414 e. The first-order valence-electron chi connectivity index (χ1n) is 10.4. The molecule has 2 saturated heterocycles. The highest BCUT2D eigenvalue weighted by atomic mass is 19.1. The van der Waals surface area contributed by atoms with Crippen molar-refractivity contribution in [2.45, 2.75) is 13.0 Å². The SMILES string of the molecule is COc1cc(C(=O)N2CCN(c3ccc(N4C[C@H](CNC(C)=O)OC4=O)cc3F)CC2)on1. The van der Waals surface area contributed by atoms with Crippen molar-refractivity contribution in [3.05, 3.63) is 35.8 Å². The molecule has 1 aromatic carbocycles. The third kappa shape index (κ3) is 4.83. The number of nitrogens with one attached hydrogen (secondary N) is 1. The van der Waals surface area contributed by atoms with Crippen molar-refractivity contribution >= 4 is 29.3 Å². The molecule has 2 fully saturated rings. The van der Waals surface area contributed by atoms with Gasteiger partial charge < -0.3 is 29.1 Å². The lowest BCUT2D eigenvalue weighted by Gasteiger charge is -2.35. The first kappa shape index (κ1) is 22.4. The third-order valence-electron chi connectivity index (χ3n) is 5.51. The molecule has 176 valence electrons. The quantitative estimate of drug-likeness (QED) is 0.683. The van der Waals surface area contributed by atoms with Crippen LogP contribution in [-0.4, -0.2) is 80.4 Å². The van der Waals surface area contributed by atoms with Crippen molar-refractivity contribution in [3.8, 4) is 5.88 Å². The lowest BCUT2D eigenvalue weighted by molar-refractivity contribution is -0.119. The summed E-state index contributed by atoms with van der Waals surface area (Å²) in [5.74, 6) is -0.692. The summed E-state index contributed by atoms with van der Waals surface area (Å²) >= 11 is 0. The largest absolute Gasteiger partial charge is 0.479 e. The van der Waals surface area contributed by atoms with E-state index in [-0.39, 0.29) is 36.5 Å². The zero-order valence-corrected chi connectivity index (χ0v) is 18.2. The van der Waals surface area contributed by atoms with Crippen molar-refractivity contribution in [1.29, 1.82) is 0 Å². The first-order chi connectivity index (χ1) is 15.9. The van der Waals surface area contributed by atoms with E-state index in [1.165, 1.54) is 31.1 Å². The number of amides is 3. The van der Waals surface area contributed by atoms with Gasteiger partial charge in [0.2, 0.25) is 11.7 Å². The Balaban J connectivity index is 1.36. The van der Waals surface area contributed by atoms with Gasteiger partial charge in [0.05, 0.1) is 37.6 Å². The van der Waals surface area contributed by atoms with Crippen LogP contribution in [0.5, 0.6) is 5.88 Å². The maximum atomic E-state index is 14.9. The van der Waals surface area contributed by atoms with Gasteiger partial charge in [0.15, 0.2) is 0 Å². The molecule has 0 spiro atoms. The first-order valence-corrected chi connectivity index (χ1v) is 10.4. The summed E-state index contributed by atoms with van der Waals surface area (Å²) in [5, 5.41) is 6.24. The molecule has 0 radical (unpaired) electrons. The summed E-state index contributed by atoms with van der Waals surface area (Å²) < 4.78 is 30.1. The van der Waals surface area contributed by atoms with Crippen LogP contribution in [0.1, 0.15) is 17.5 Å². The van der Waals surface area contributed by atoms with Gasteiger partial charge in [-0.2, -0.15) is 0 Å². The number of rotatable bonds is 6. The van der Waals surface area contributed by atoms with Crippen molar-refractivity contribution < 1.29 is 32.8 Å². The molecule has 3 heterocycles. The average molecular weight is 461 g/mol. The zero-order valence-electron chi connectivity index (χ0n) is 18.2. The molecule has 4 rings (SSSR count). The summed E-state index contributed by atoms with van der Waals surface area (Å²) in [4.78, 5) is 40.5. The Morgan fingerprint density at radius 1 is 1.24 bits per heavy atom. The highest BCUT2D eigenvalue weighted by Gasteiger charge is 2.33. The molecular formula is C21H24FN5O6. The number of methoxy groups -OCH3 is 1. The maximum Gasteiger partial charge on any atom is 0.414 e. The minimum Gasteiger partial charge on any atom is -0.479 e. The van der Waals surface area contributed by atoms with Crippen molar-refractivity contribution in [2.75, 3.05) is 56.2 Å². The lowest BCUT2D eigenvalue weighted by Crippen LogP contribution is -2.49. The molecule has 2 aliphatic rings. The van der Waals surface area contributed by atoms with E-state index in [2.05, 4.69) is 10.5 Å². The topological polar surface area (TPSA) is 117 Å². The average Bonchev–Trinajstić information content (AvgIpc) is 3.44. The zero-order chi connectivity index (χ0) is 23.5. The Hall–Kier alpha value is -3.83. The third-order valence-corrected chi connectivity index (χ3v) is 5.51. The fourth-order valence-electron chi connectivity index (χ4n) is 3.78. The van der Waals surface area contributed by atoms with E-state index in [1.54, 1.807) is 17.0 Å². The molecule has 12 heteroatoms. The number of carbonyl (C=O) groups excluding carboxylic acids is 3. The Labute approximate surface area is 189 Å². The Kier molecular flexibility index (Phi) is 6.33. The second-order valence-corrected chi connectivity index (χ2v) is 7.70. The Morgan fingerprint density at radius 3 is 2.64 bits per heavy atom. The van der Waals surface area contributed by atoms with Gasteiger partial charge in [-0.1, -0.05) is 0 Å². The number of nitrogens with zero attached hydrogens (tertiary/aromatic N) is 4. The molecule has 33 heavy (non-hydrogen) atoms. The molecule has 2 aliphatic heterocycles. The van der Waals surface area contributed by atoms with E-state index in [0.29, 0.717) is 37.6 Å². The fraction of sp³-hybridized carbons (Fsp3) is 0.429. The van der Waals surface area contributed by atoms with E-state index in [9.17, 15) is 18.8 Å². The highest BCUT2D eigenvalue weighted by Crippen LogP contribution is 2.28. The predicted octanol–water partition coefficient (Wildman–Crippen LogP) is 1.25. The molecule has 0 saturated carbocycles. The van der Waals surface area contributed by atoms with Gasteiger partial charge in [-0.05, 0) is 23.4 Å². The van der Waals surface area contributed by atoms with Crippen LogP contribution < -0.4 is 19.9 Å². The van der Waals surface area contributed by atoms with E-state index in [0.717, 1.165) is 0 Å². The summed E-state index contributed by atoms with van der Waals surface area (Å²) in [5.41, 5.74) is 0.759. The van der Waals surface area contributed by atoms with E-state index >= 15 is 0 Å². The van der Waals surface area contributed by atoms with Gasteiger partial charge in [0.25, 0.3) is 11.8 Å². The second kappa shape index (κ2) is 9.35. The number of cyclic esters (lactones) is 1. The van der Waals surface area contributed by atoms with E-state index < -0.39 is 18.0 Å². The minimum atomic E-state index is -0.589. The van der Waals surface area contributed by atoms with Gasteiger partial charge in [-0.15, -0.1) is 0 Å². The van der Waals surface area contributed by atoms with Crippen LogP contribution in [-0.2, 0) is 9.53 Å². The van der Waals surface area contributed by atoms with Crippen LogP contribution in [0.2, 0.25) is 0 Å². The Morgan fingerprint density at radius 2 is 2.00 bits per heavy atom. The van der Waals surface area contributed by atoms with Crippen LogP contribution in [0.15, 0.2) is 28.8 Å². The van der Waals surface area contributed by atoms with E-state index in [1.807, 2.05) is 4.90 Å². The molecule has 0 aliphatic carbocycles. The number of anilines is 2. The molecule has 0 unspecified atom stereocenters. The van der Waals surface area contributed by atoms with Crippen molar-refractivity contribution in [2.24, 2.45) is 0 Å². The molecule has 1 aromatic heterocycles. The summed E-state index contributed by atoms with van der Waals surface area (Å²) in [6, 6.07) is 5.98. The van der Waals surface area contributed by atoms with Gasteiger partial charge >= 0.3 is 6.09 Å². The van der Waals surface area contributed by atoms with Gasteiger partial charge in [0.1, 0.15) is 11.9 Å². The van der Waals surface area contributed by atoms with E-state index in [4.69, 9.17) is 14.0 Å². The number of aromatic nitrogens is 1. The van der Waals surface area contributed by atoms with Crippen LogP contribution >= 0.6 is 0 Å². The van der Waals surface area contributed by atoms with Crippen LogP contribution in [0, 0.1) is 5.82 Å². The lowest BCUT2D eigenvalue weighted by atomic mass is 10.2. The Bertz CT molecular complexity index is 1050. The number of hydrogen-bond donors (Lipinski definition) is 1. The highest BCUT2D eigenvalue weighted by molar-refractivity contribution is 5.92. The number of piperazine rings is 1. The van der Waals surface area contributed by atoms with Gasteiger partial charge in [-0.3, -0.25) is 14.5 Å². The molecule has 3 amide bonds. The molecule has 2 aromatic rings. The van der Waals surface area contributed by atoms with Crippen LogP contribution in [0.3, 0.4) is 0 Å². The summed E-state index contributed by atoms with van der Waals surface area (Å²) in [6.45, 7) is 3.41. The number of ether oxygens (including phenoxy) is 2. The monoisotopic (exact) mass is 461 g/mol. The number of halogens is 1. The molecular weight excluding hydrogens is 437 g/mol. The van der Waals surface area contributed by atoms with Crippen LogP contribution in [0.25, 0.3) is 0 Å². The number of benzene rings is 1. The predicted molar refractivity (Wildman–Crippen MR) is 114 cm³/mol. The maximum absolute atomic E-state index is 14.9. The molecule has 1 atom stereocenters. The molecule has 11 nitrogen and oxygen atoms in total. The van der Waals surface area contributed by atoms with Crippen LogP contribution in [0.4, 0.5) is 20.6 Å². The normalized spacial score (nSPS) is 18.3. The molecule has 1 N–H and O–H groups in total. The van der Waals surface area contributed by atoms with Gasteiger partial charge in [0, 0.05) is 33.1 Å². The van der Waals surface area contributed by atoms with Gasteiger partial charge in [-0.25, -0.2) is 9.18 Å². The standard InChI is InChI=1S/C21H24FN5O6/c1-13(28)23-11-15-12-27(21(30)32-15)14-3-4-17(16(22)9-14)25-5-7-26(8-6-25)20(29)18-10-19(31-2)24-33-18/h3-4,9-10,15H,5-8,11-12H2,1-2H3,(H,23,28)/t15-/m0/s1. The second-order valence-electron chi connectivity index (χ2n) is 7.70.